The van der Waals surface area contributed by atoms with Crippen LogP contribution in [0.15, 0.2) is 18.2 Å². The van der Waals surface area contributed by atoms with E-state index in [0.29, 0.717) is 17.4 Å². The van der Waals surface area contributed by atoms with E-state index < -0.39 is 0 Å². The largest absolute Gasteiger partial charge is 0.351 e. The van der Waals surface area contributed by atoms with E-state index in [-0.39, 0.29) is 11.8 Å². The molecule has 3 rings (SSSR count). The Bertz CT molecular complexity index is 547. The molecule has 4 nitrogen and oxygen atoms in total. The number of fused-ring (bicyclic) bond motifs is 1. The molecule has 0 unspecified atom stereocenters. The molecular weight excluding hydrogens is 240 g/mol. The molecule has 0 radical (unpaired) electrons. The second kappa shape index (κ2) is 4.37. The van der Waals surface area contributed by atoms with Crippen molar-refractivity contribution in [1.29, 1.82) is 0 Å². The first-order valence-electron chi connectivity index (χ1n) is 6.83. The van der Waals surface area contributed by atoms with Gasteiger partial charge in [0.2, 0.25) is 5.91 Å². The second-order valence-electron chi connectivity index (χ2n) is 5.63. The number of carbonyl (C=O) groups excluding carboxylic acids is 2. The SMILES string of the molecule is CCC1(CNC(=O)c2ccc3c(c2)CC(=O)N3)CC1. The fourth-order valence-corrected chi connectivity index (χ4v) is 2.57. The predicted molar refractivity (Wildman–Crippen MR) is 73.1 cm³/mol. The van der Waals surface area contributed by atoms with Crippen molar-refractivity contribution in [2.45, 2.75) is 32.6 Å². The molecule has 0 atom stereocenters. The van der Waals surface area contributed by atoms with Gasteiger partial charge in [-0.25, -0.2) is 0 Å². The molecule has 1 fully saturated rings. The van der Waals surface area contributed by atoms with Crippen LogP contribution in [0, 0.1) is 5.41 Å². The molecule has 0 saturated heterocycles. The summed E-state index contributed by atoms with van der Waals surface area (Å²) in [4.78, 5) is 23.4. The van der Waals surface area contributed by atoms with E-state index in [4.69, 9.17) is 0 Å². The second-order valence-corrected chi connectivity index (χ2v) is 5.63. The first-order valence-corrected chi connectivity index (χ1v) is 6.83. The molecule has 1 aliphatic carbocycles. The maximum absolute atomic E-state index is 12.1. The average Bonchev–Trinajstić information content (AvgIpc) is 3.10. The summed E-state index contributed by atoms with van der Waals surface area (Å²) in [6, 6.07) is 5.39. The van der Waals surface area contributed by atoms with Crippen LogP contribution in [0.25, 0.3) is 0 Å². The van der Waals surface area contributed by atoms with Gasteiger partial charge in [-0.15, -0.1) is 0 Å². The third kappa shape index (κ3) is 2.35. The summed E-state index contributed by atoms with van der Waals surface area (Å²) in [5.41, 5.74) is 2.73. The maximum Gasteiger partial charge on any atom is 0.251 e. The van der Waals surface area contributed by atoms with Crippen LogP contribution in [0.4, 0.5) is 5.69 Å². The summed E-state index contributed by atoms with van der Waals surface area (Å²) in [5.74, 6) is -0.0441. The van der Waals surface area contributed by atoms with Gasteiger partial charge < -0.3 is 10.6 Å². The topological polar surface area (TPSA) is 58.2 Å². The number of anilines is 1. The van der Waals surface area contributed by atoms with Crippen molar-refractivity contribution in [3.8, 4) is 0 Å². The van der Waals surface area contributed by atoms with Crippen LogP contribution >= 0.6 is 0 Å². The molecule has 19 heavy (non-hydrogen) atoms. The van der Waals surface area contributed by atoms with E-state index in [1.54, 1.807) is 6.07 Å². The van der Waals surface area contributed by atoms with E-state index in [1.165, 1.54) is 12.8 Å². The number of amides is 2. The fraction of sp³-hybridized carbons (Fsp3) is 0.467. The van der Waals surface area contributed by atoms with E-state index in [0.717, 1.165) is 24.2 Å². The highest BCUT2D eigenvalue weighted by atomic mass is 16.2. The summed E-state index contributed by atoms with van der Waals surface area (Å²) in [6.45, 7) is 2.93. The highest BCUT2D eigenvalue weighted by molar-refractivity contribution is 6.01. The van der Waals surface area contributed by atoms with Crippen molar-refractivity contribution in [3.05, 3.63) is 29.3 Å². The molecule has 0 spiro atoms. The molecule has 0 aromatic heterocycles. The van der Waals surface area contributed by atoms with Gasteiger partial charge in [0.15, 0.2) is 0 Å². The number of hydrogen-bond acceptors (Lipinski definition) is 2. The van der Waals surface area contributed by atoms with Crippen LogP contribution in [-0.2, 0) is 11.2 Å². The van der Waals surface area contributed by atoms with Crippen LogP contribution in [0.1, 0.15) is 42.1 Å². The Kier molecular flexibility index (Phi) is 2.81. The zero-order chi connectivity index (χ0) is 13.5. The van der Waals surface area contributed by atoms with Gasteiger partial charge in [-0.1, -0.05) is 6.92 Å². The minimum Gasteiger partial charge on any atom is -0.351 e. The lowest BCUT2D eigenvalue weighted by Gasteiger charge is -2.13. The van der Waals surface area contributed by atoms with Gasteiger partial charge in [-0.05, 0) is 48.4 Å². The molecule has 2 N–H and O–H groups in total. The first kappa shape index (κ1) is 12.2. The Balaban J connectivity index is 1.67. The van der Waals surface area contributed by atoms with E-state index in [2.05, 4.69) is 17.6 Å². The lowest BCUT2D eigenvalue weighted by molar-refractivity contribution is -0.115. The smallest absolute Gasteiger partial charge is 0.251 e. The van der Waals surface area contributed by atoms with Gasteiger partial charge in [0, 0.05) is 17.8 Å². The molecule has 2 aliphatic rings. The molecule has 100 valence electrons. The molecule has 4 heteroatoms. The van der Waals surface area contributed by atoms with Gasteiger partial charge in [-0.3, -0.25) is 9.59 Å². The Hall–Kier alpha value is -1.84. The van der Waals surface area contributed by atoms with E-state index in [9.17, 15) is 9.59 Å². The number of hydrogen-bond donors (Lipinski definition) is 2. The predicted octanol–water partition coefficient (Wildman–Crippen LogP) is 2.10. The Labute approximate surface area is 112 Å². The van der Waals surface area contributed by atoms with Crippen LogP contribution in [-0.4, -0.2) is 18.4 Å². The van der Waals surface area contributed by atoms with Crippen molar-refractivity contribution in [2.24, 2.45) is 5.41 Å². The van der Waals surface area contributed by atoms with Gasteiger partial charge in [-0.2, -0.15) is 0 Å². The molecule has 1 aliphatic heterocycles. The summed E-state index contributed by atoms with van der Waals surface area (Å²) >= 11 is 0. The van der Waals surface area contributed by atoms with Gasteiger partial charge in [0.25, 0.3) is 5.91 Å². The summed E-state index contributed by atoms with van der Waals surface area (Å²) in [6.07, 6.45) is 3.92. The number of rotatable bonds is 4. The van der Waals surface area contributed by atoms with Crippen LogP contribution in [0.3, 0.4) is 0 Å². The normalized spacial score (nSPS) is 18.7. The third-order valence-electron chi connectivity index (χ3n) is 4.32. The Morgan fingerprint density at radius 1 is 1.42 bits per heavy atom. The van der Waals surface area contributed by atoms with Crippen molar-refractivity contribution in [1.82, 2.24) is 5.32 Å². The molecule has 1 aromatic rings. The zero-order valence-corrected chi connectivity index (χ0v) is 11.1. The molecule has 2 amide bonds. The zero-order valence-electron chi connectivity index (χ0n) is 11.1. The minimum absolute atomic E-state index is 0.00419. The average molecular weight is 258 g/mol. The number of nitrogens with one attached hydrogen (secondary N) is 2. The number of benzene rings is 1. The third-order valence-corrected chi connectivity index (χ3v) is 4.32. The minimum atomic E-state index is -0.0399. The molecule has 1 heterocycles. The molecule has 1 saturated carbocycles. The van der Waals surface area contributed by atoms with Crippen LogP contribution in [0.5, 0.6) is 0 Å². The van der Waals surface area contributed by atoms with Crippen molar-refractivity contribution in [2.75, 3.05) is 11.9 Å². The van der Waals surface area contributed by atoms with Crippen molar-refractivity contribution in [3.63, 3.8) is 0 Å². The van der Waals surface area contributed by atoms with Gasteiger partial charge >= 0.3 is 0 Å². The summed E-state index contributed by atoms with van der Waals surface area (Å²) in [5, 5.41) is 5.78. The van der Waals surface area contributed by atoms with Crippen molar-refractivity contribution >= 4 is 17.5 Å². The van der Waals surface area contributed by atoms with Crippen LogP contribution < -0.4 is 10.6 Å². The highest BCUT2D eigenvalue weighted by Gasteiger charge is 2.40. The molecule has 0 bridgehead atoms. The Morgan fingerprint density at radius 3 is 2.89 bits per heavy atom. The maximum atomic E-state index is 12.1. The van der Waals surface area contributed by atoms with Gasteiger partial charge in [0.1, 0.15) is 0 Å². The number of carbonyl (C=O) groups is 2. The molecular formula is C15H18N2O2. The van der Waals surface area contributed by atoms with Crippen molar-refractivity contribution < 1.29 is 9.59 Å². The monoisotopic (exact) mass is 258 g/mol. The summed E-state index contributed by atoms with van der Waals surface area (Å²) in [7, 11) is 0. The standard InChI is InChI=1S/C15H18N2O2/c1-2-15(5-6-15)9-16-14(19)10-3-4-12-11(7-10)8-13(18)17-12/h3-4,7H,2,5-6,8-9H2,1H3,(H,16,19)(H,17,18). The lowest BCUT2D eigenvalue weighted by Crippen LogP contribution is -2.30. The van der Waals surface area contributed by atoms with E-state index in [1.807, 2.05) is 12.1 Å². The fourth-order valence-electron chi connectivity index (χ4n) is 2.57. The quantitative estimate of drug-likeness (QED) is 0.869. The summed E-state index contributed by atoms with van der Waals surface area (Å²) < 4.78 is 0. The highest BCUT2D eigenvalue weighted by Crippen LogP contribution is 2.47. The lowest BCUT2D eigenvalue weighted by atomic mass is 10.0. The molecule has 1 aromatic carbocycles. The first-order chi connectivity index (χ1) is 9.12. The van der Waals surface area contributed by atoms with E-state index >= 15 is 0 Å². The Morgan fingerprint density at radius 2 is 2.21 bits per heavy atom. The van der Waals surface area contributed by atoms with Crippen LogP contribution in [0.2, 0.25) is 0 Å². The van der Waals surface area contributed by atoms with Gasteiger partial charge in [0.05, 0.1) is 6.42 Å².